The fourth-order valence-corrected chi connectivity index (χ4v) is 3.92. The summed E-state index contributed by atoms with van der Waals surface area (Å²) >= 11 is 1.38. The molecule has 0 atom stereocenters. The molecule has 128 valence electrons. The van der Waals surface area contributed by atoms with Gasteiger partial charge in [0.1, 0.15) is 0 Å². The lowest BCUT2D eigenvalue weighted by molar-refractivity contribution is -0.131. The highest BCUT2D eigenvalue weighted by molar-refractivity contribution is 7.12. The van der Waals surface area contributed by atoms with Crippen LogP contribution in [0.15, 0.2) is 11.4 Å². The molecule has 0 aliphatic carbocycles. The maximum absolute atomic E-state index is 12.6. The lowest BCUT2D eigenvalue weighted by atomic mass is 10.0. The summed E-state index contributed by atoms with van der Waals surface area (Å²) in [5.74, 6) is 0.0718. The molecular weight excluding hydrogens is 326 g/mol. The minimum atomic E-state index is -0.107. The maximum Gasteiger partial charge on any atom is 0.227 e. The molecule has 0 saturated heterocycles. The molecule has 3 rings (SSSR count). The fourth-order valence-electron chi connectivity index (χ4n) is 3.10. The Labute approximate surface area is 144 Å². The van der Waals surface area contributed by atoms with Gasteiger partial charge in [0.2, 0.25) is 5.91 Å². The number of aliphatic hydroxyl groups excluding tert-OH is 1. The highest BCUT2D eigenvalue weighted by atomic mass is 32.1. The molecule has 3 heterocycles. The second kappa shape index (κ2) is 6.86. The van der Waals surface area contributed by atoms with Crippen molar-refractivity contribution in [3.05, 3.63) is 38.8 Å². The predicted octanol–water partition coefficient (Wildman–Crippen LogP) is 1.79. The number of rotatable bonds is 5. The number of fused-ring (bicyclic) bond motifs is 1. The van der Waals surface area contributed by atoms with Crippen molar-refractivity contribution in [2.24, 2.45) is 0 Å². The Bertz CT molecular complexity index is 778. The van der Waals surface area contributed by atoms with E-state index >= 15 is 0 Å². The van der Waals surface area contributed by atoms with E-state index in [4.69, 9.17) is 0 Å². The van der Waals surface area contributed by atoms with Crippen LogP contribution in [0.1, 0.15) is 46.0 Å². The van der Waals surface area contributed by atoms with Gasteiger partial charge in [-0.15, -0.1) is 11.3 Å². The summed E-state index contributed by atoms with van der Waals surface area (Å²) in [5.41, 5.74) is 3.65. The van der Waals surface area contributed by atoms with Gasteiger partial charge in [0.05, 0.1) is 23.6 Å². The van der Waals surface area contributed by atoms with E-state index in [0.29, 0.717) is 30.1 Å². The minimum Gasteiger partial charge on any atom is -0.390 e. The standard InChI is InChI=1S/C17H21N3O3S/c1-3-20-15-4-5-19(8-13(15)14(9-21)18-20)17(23)7-12-6-16(11(2)22)24-10-12/h6,10,21H,3-5,7-9H2,1-2H3. The third-order valence-corrected chi connectivity index (χ3v) is 5.46. The summed E-state index contributed by atoms with van der Waals surface area (Å²) in [4.78, 5) is 26.5. The largest absolute Gasteiger partial charge is 0.390 e. The monoisotopic (exact) mass is 347 g/mol. The van der Waals surface area contributed by atoms with E-state index in [1.807, 2.05) is 21.9 Å². The number of aryl methyl sites for hydroxylation is 1. The molecule has 2 aromatic heterocycles. The summed E-state index contributed by atoms with van der Waals surface area (Å²) in [6, 6.07) is 1.80. The number of ketones is 1. The third kappa shape index (κ3) is 3.14. The van der Waals surface area contributed by atoms with Gasteiger partial charge in [-0.3, -0.25) is 14.3 Å². The number of hydrogen-bond donors (Lipinski definition) is 1. The van der Waals surface area contributed by atoms with Crippen molar-refractivity contribution in [3.8, 4) is 0 Å². The van der Waals surface area contributed by atoms with Gasteiger partial charge in [0.15, 0.2) is 5.78 Å². The van der Waals surface area contributed by atoms with Gasteiger partial charge in [0.25, 0.3) is 0 Å². The smallest absolute Gasteiger partial charge is 0.227 e. The van der Waals surface area contributed by atoms with Crippen molar-refractivity contribution in [2.45, 2.75) is 46.4 Å². The van der Waals surface area contributed by atoms with Crippen LogP contribution < -0.4 is 0 Å². The van der Waals surface area contributed by atoms with Gasteiger partial charge in [-0.2, -0.15) is 5.10 Å². The van der Waals surface area contributed by atoms with Crippen LogP contribution >= 0.6 is 11.3 Å². The Morgan fingerprint density at radius 3 is 2.83 bits per heavy atom. The SMILES string of the molecule is CCn1nc(CO)c2c1CCN(C(=O)Cc1csc(C(C)=O)c1)C2. The molecule has 1 aliphatic rings. The lowest BCUT2D eigenvalue weighted by Crippen LogP contribution is -2.37. The summed E-state index contributed by atoms with van der Waals surface area (Å²) in [5, 5.41) is 15.8. The number of nitrogens with zero attached hydrogens (tertiary/aromatic N) is 3. The van der Waals surface area contributed by atoms with E-state index in [0.717, 1.165) is 29.8 Å². The van der Waals surface area contributed by atoms with Gasteiger partial charge in [-0.1, -0.05) is 0 Å². The lowest BCUT2D eigenvalue weighted by Gasteiger charge is -2.28. The van der Waals surface area contributed by atoms with Gasteiger partial charge >= 0.3 is 0 Å². The first-order chi connectivity index (χ1) is 11.5. The zero-order valence-corrected chi connectivity index (χ0v) is 14.7. The van der Waals surface area contributed by atoms with Crippen LogP contribution in [0.25, 0.3) is 0 Å². The summed E-state index contributed by atoms with van der Waals surface area (Å²) in [6.45, 7) is 5.36. The Hall–Kier alpha value is -1.99. The number of Topliss-reactive ketones (excluding diaryl/α,β-unsaturated/α-hetero) is 1. The number of aromatic nitrogens is 2. The van der Waals surface area contributed by atoms with E-state index < -0.39 is 0 Å². The average Bonchev–Trinajstić information content (AvgIpc) is 3.18. The molecule has 6 nitrogen and oxygen atoms in total. The highest BCUT2D eigenvalue weighted by Crippen LogP contribution is 2.24. The van der Waals surface area contributed by atoms with E-state index in [2.05, 4.69) is 5.10 Å². The third-order valence-electron chi connectivity index (χ3n) is 4.38. The van der Waals surface area contributed by atoms with E-state index in [-0.39, 0.29) is 18.3 Å². The molecule has 0 fully saturated rings. The maximum atomic E-state index is 12.6. The van der Waals surface area contributed by atoms with Gasteiger partial charge in [0, 0.05) is 37.3 Å². The van der Waals surface area contributed by atoms with Gasteiger partial charge in [-0.25, -0.2) is 0 Å². The van der Waals surface area contributed by atoms with Crippen molar-refractivity contribution in [1.82, 2.24) is 14.7 Å². The molecule has 24 heavy (non-hydrogen) atoms. The molecule has 1 N–H and O–H groups in total. The zero-order chi connectivity index (χ0) is 17.3. The predicted molar refractivity (Wildman–Crippen MR) is 91.0 cm³/mol. The highest BCUT2D eigenvalue weighted by Gasteiger charge is 2.27. The Balaban J connectivity index is 1.73. The first-order valence-electron chi connectivity index (χ1n) is 8.07. The Morgan fingerprint density at radius 1 is 1.42 bits per heavy atom. The molecule has 0 bridgehead atoms. The molecular formula is C17H21N3O3S. The van der Waals surface area contributed by atoms with Crippen LogP contribution in [-0.4, -0.2) is 38.0 Å². The fraction of sp³-hybridized carbons (Fsp3) is 0.471. The van der Waals surface area contributed by atoms with Crippen LogP contribution in [0.2, 0.25) is 0 Å². The molecule has 0 radical (unpaired) electrons. The molecule has 0 unspecified atom stereocenters. The molecule has 0 aromatic carbocycles. The number of amides is 1. The van der Waals surface area contributed by atoms with Crippen molar-refractivity contribution in [2.75, 3.05) is 6.54 Å². The van der Waals surface area contributed by atoms with Gasteiger partial charge in [-0.05, 0) is 30.9 Å². The van der Waals surface area contributed by atoms with Crippen molar-refractivity contribution in [1.29, 1.82) is 0 Å². The summed E-state index contributed by atoms with van der Waals surface area (Å²) in [7, 11) is 0. The number of carbonyl (C=O) groups excluding carboxylic acids is 2. The van der Waals surface area contributed by atoms with E-state index in [9.17, 15) is 14.7 Å². The van der Waals surface area contributed by atoms with Crippen LogP contribution in [0.4, 0.5) is 0 Å². The number of carbonyl (C=O) groups is 2. The van der Waals surface area contributed by atoms with Gasteiger partial charge < -0.3 is 10.0 Å². The number of thiophene rings is 1. The van der Waals surface area contributed by atoms with Crippen molar-refractivity contribution >= 4 is 23.0 Å². The number of hydrogen-bond acceptors (Lipinski definition) is 5. The molecule has 1 amide bonds. The molecule has 7 heteroatoms. The summed E-state index contributed by atoms with van der Waals surface area (Å²) < 4.78 is 1.92. The van der Waals surface area contributed by atoms with Crippen LogP contribution in [0.5, 0.6) is 0 Å². The average molecular weight is 347 g/mol. The van der Waals surface area contributed by atoms with E-state index in [1.165, 1.54) is 18.3 Å². The molecule has 1 aliphatic heterocycles. The molecule has 0 saturated carbocycles. The zero-order valence-electron chi connectivity index (χ0n) is 13.9. The van der Waals surface area contributed by atoms with Crippen LogP contribution in [-0.2, 0) is 37.3 Å². The van der Waals surface area contributed by atoms with Crippen LogP contribution in [0.3, 0.4) is 0 Å². The first kappa shape index (κ1) is 16.9. The number of aliphatic hydroxyl groups is 1. The Kier molecular flexibility index (Phi) is 4.82. The molecule has 0 spiro atoms. The first-order valence-corrected chi connectivity index (χ1v) is 8.95. The second-order valence-electron chi connectivity index (χ2n) is 5.96. The second-order valence-corrected chi connectivity index (χ2v) is 6.87. The van der Waals surface area contributed by atoms with Crippen molar-refractivity contribution in [3.63, 3.8) is 0 Å². The van der Waals surface area contributed by atoms with Crippen molar-refractivity contribution < 1.29 is 14.7 Å². The summed E-state index contributed by atoms with van der Waals surface area (Å²) in [6.07, 6.45) is 1.06. The Morgan fingerprint density at radius 2 is 2.21 bits per heavy atom. The minimum absolute atomic E-state index is 0.0286. The quantitative estimate of drug-likeness (QED) is 0.837. The van der Waals surface area contributed by atoms with Crippen LogP contribution in [0, 0.1) is 0 Å². The van der Waals surface area contributed by atoms with E-state index in [1.54, 1.807) is 6.07 Å². The normalized spacial score (nSPS) is 13.9. The molecule has 2 aromatic rings. The topological polar surface area (TPSA) is 75.4 Å².